The van der Waals surface area contributed by atoms with Gasteiger partial charge in [0.2, 0.25) is 0 Å². The summed E-state index contributed by atoms with van der Waals surface area (Å²) in [7, 11) is 0. The summed E-state index contributed by atoms with van der Waals surface area (Å²) in [6.45, 7) is 2.25. The highest BCUT2D eigenvalue weighted by molar-refractivity contribution is 6.30. The van der Waals surface area contributed by atoms with Gasteiger partial charge in [-0.2, -0.15) is 5.10 Å². The second-order valence-electron chi connectivity index (χ2n) is 8.24. The minimum atomic E-state index is 0.271. The summed E-state index contributed by atoms with van der Waals surface area (Å²) in [6, 6.07) is 4.53. The molecule has 2 aliphatic carbocycles. The Bertz CT molecular complexity index is 927. The topological polar surface area (TPSA) is 43.8 Å². The normalized spacial score (nSPS) is 29.0. The zero-order chi connectivity index (χ0) is 20.0. The maximum atomic E-state index is 6.29. The molecule has 4 aliphatic rings. The summed E-state index contributed by atoms with van der Waals surface area (Å²) < 4.78 is 0. The number of hydrogen-bond acceptors (Lipinski definition) is 5. The molecule has 1 aromatic rings. The number of halogens is 2. The van der Waals surface area contributed by atoms with E-state index in [1.807, 2.05) is 24.7 Å². The lowest BCUT2D eigenvalue weighted by Crippen LogP contribution is -2.38. The molecule has 7 heteroatoms. The number of fused-ring (bicyclic) bond motifs is 1. The van der Waals surface area contributed by atoms with Crippen molar-refractivity contribution in [3.63, 3.8) is 0 Å². The molecule has 0 saturated heterocycles. The number of hydrogen-bond donors (Lipinski definition) is 1. The predicted octanol–water partition coefficient (Wildman–Crippen LogP) is 5.28. The van der Waals surface area contributed by atoms with Gasteiger partial charge in [0.05, 0.1) is 12.1 Å². The molecule has 0 spiro atoms. The summed E-state index contributed by atoms with van der Waals surface area (Å²) in [4.78, 5) is 6.83. The van der Waals surface area contributed by atoms with E-state index < -0.39 is 0 Å². The standard InChI is InChI=1S/C22H25Cl2N5/c1-14-19-7-4-16(23)11-21(19)26-12-22-28(14)13-27-29(22)18-5-2-15(3-6-18)20-10-17(24)8-9-25-20/h8-15,18,26H,2-7H2,1H3/t14?,15-,18-. The number of pyridine rings is 1. The van der Waals surface area contributed by atoms with Crippen molar-refractivity contribution < 1.29 is 0 Å². The Labute approximate surface area is 181 Å². The number of hydrazone groups is 1. The van der Waals surface area contributed by atoms with Crippen LogP contribution in [-0.4, -0.2) is 33.3 Å². The van der Waals surface area contributed by atoms with Crippen LogP contribution in [-0.2, 0) is 0 Å². The van der Waals surface area contributed by atoms with Crippen LogP contribution in [0.3, 0.4) is 0 Å². The van der Waals surface area contributed by atoms with E-state index in [9.17, 15) is 0 Å². The van der Waals surface area contributed by atoms with Crippen LogP contribution < -0.4 is 5.32 Å². The van der Waals surface area contributed by atoms with E-state index >= 15 is 0 Å². The molecule has 0 radical (unpaired) electrons. The SMILES string of the molecule is CC1C2=C(C=C(Cl)CC2)NC=C2N1C=NN2[C@H]1CC[C@H](c2cc(Cl)ccn2)CC1. The first-order valence-electron chi connectivity index (χ1n) is 10.4. The maximum absolute atomic E-state index is 6.29. The summed E-state index contributed by atoms with van der Waals surface area (Å²) in [5.41, 5.74) is 3.65. The van der Waals surface area contributed by atoms with Gasteiger partial charge in [0.25, 0.3) is 0 Å². The molecule has 0 amide bonds. The first-order valence-corrected chi connectivity index (χ1v) is 11.1. The quantitative estimate of drug-likeness (QED) is 0.693. The Morgan fingerprint density at radius 2 is 1.97 bits per heavy atom. The lowest BCUT2D eigenvalue weighted by molar-refractivity contribution is 0.177. The van der Waals surface area contributed by atoms with Crippen LogP contribution in [0.4, 0.5) is 0 Å². The van der Waals surface area contributed by atoms with E-state index in [1.165, 1.54) is 5.57 Å². The Kier molecular flexibility index (Phi) is 5.04. The Morgan fingerprint density at radius 3 is 2.76 bits per heavy atom. The van der Waals surface area contributed by atoms with Gasteiger partial charge in [-0.1, -0.05) is 23.2 Å². The summed E-state index contributed by atoms with van der Waals surface area (Å²) >= 11 is 12.4. The van der Waals surface area contributed by atoms with E-state index in [-0.39, 0.29) is 6.04 Å². The van der Waals surface area contributed by atoms with Gasteiger partial charge in [0, 0.05) is 39.8 Å². The minimum Gasteiger partial charge on any atom is -0.358 e. The summed E-state index contributed by atoms with van der Waals surface area (Å²) in [5.74, 6) is 1.61. The van der Waals surface area contributed by atoms with Crippen LogP contribution in [0.15, 0.2) is 57.8 Å². The third kappa shape index (κ3) is 3.55. The third-order valence-corrected chi connectivity index (χ3v) is 7.10. The fraction of sp³-hybridized carbons (Fsp3) is 0.455. The molecule has 2 aliphatic heterocycles. The first-order chi connectivity index (χ1) is 14.1. The smallest absolute Gasteiger partial charge is 0.147 e. The van der Waals surface area contributed by atoms with Crippen LogP contribution in [0.1, 0.15) is 57.1 Å². The van der Waals surface area contributed by atoms with Gasteiger partial charge in [-0.3, -0.25) is 4.98 Å². The summed E-state index contributed by atoms with van der Waals surface area (Å²) in [6.07, 6.45) is 14.2. The molecule has 1 saturated carbocycles. The van der Waals surface area contributed by atoms with Crippen molar-refractivity contribution in [2.24, 2.45) is 5.10 Å². The average Bonchev–Trinajstić information content (AvgIpc) is 3.10. The van der Waals surface area contributed by atoms with E-state index in [4.69, 9.17) is 28.3 Å². The molecule has 3 heterocycles. The second kappa shape index (κ2) is 7.69. The zero-order valence-electron chi connectivity index (χ0n) is 16.5. The van der Waals surface area contributed by atoms with Gasteiger partial charge >= 0.3 is 0 Å². The van der Waals surface area contributed by atoms with Gasteiger partial charge < -0.3 is 10.2 Å². The first kappa shape index (κ1) is 19.0. The molecule has 0 bridgehead atoms. The van der Waals surface area contributed by atoms with E-state index in [1.54, 1.807) is 0 Å². The average molecular weight is 430 g/mol. The molecule has 152 valence electrons. The Balaban J connectivity index is 1.30. The van der Waals surface area contributed by atoms with Crippen LogP contribution in [0.2, 0.25) is 5.02 Å². The highest BCUT2D eigenvalue weighted by Crippen LogP contribution is 2.39. The number of nitrogens with zero attached hydrogens (tertiary/aromatic N) is 4. The minimum absolute atomic E-state index is 0.271. The molecular weight excluding hydrogens is 405 g/mol. The third-order valence-electron chi connectivity index (χ3n) is 6.56. The van der Waals surface area contributed by atoms with Crippen molar-refractivity contribution in [1.82, 2.24) is 20.2 Å². The van der Waals surface area contributed by atoms with E-state index in [0.29, 0.717) is 12.0 Å². The fourth-order valence-electron chi connectivity index (χ4n) is 4.92. The number of aromatic nitrogens is 1. The van der Waals surface area contributed by atoms with Gasteiger partial charge in [-0.05, 0) is 69.2 Å². The van der Waals surface area contributed by atoms with Crippen molar-refractivity contribution in [2.45, 2.75) is 63.5 Å². The van der Waals surface area contributed by atoms with Crippen molar-refractivity contribution in [1.29, 1.82) is 0 Å². The monoisotopic (exact) mass is 429 g/mol. The Morgan fingerprint density at radius 1 is 1.14 bits per heavy atom. The fourth-order valence-corrected chi connectivity index (χ4v) is 5.29. The van der Waals surface area contributed by atoms with Gasteiger partial charge in [-0.25, -0.2) is 5.01 Å². The van der Waals surface area contributed by atoms with E-state index in [2.05, 4.69) is 39.4 Å². The molecule has 1 N–H and O–H groups in total. The van der Waals surface area contributed by atoms with Crippen molar-refractivity contribution in [3.8, 4) is 0 Å². The summed E-state index contributed by atoms with van der Waals surface area (Å²) in [5, 5.41) is 12.2. The molecule has 1 fully saturated rings. The molecule has 5 nitrogen and oxygen atoms in total. The van der Waals surface area contributed by atoms with Gasteiger partial charge in [0.1, 0.15) is 12.2 Å². The predicted molar refractivity (Wildman–Crippen MR) is 117 cm³/mol. The highest BCUT2D eigenvalue weighted by atomic mass is 35.5. The number of nitrogens with one attached hydrogen (secondary N) is 1. The second-order valence-corrected chi connectivity index (χ2v) is 9.16. The molecule has 0 aromatic carbocycles. The number of rotatable bonds is 2. The maximum Gasteiger partial charge on any atom is 0.147 e. The molecule has 1 atom stereocenters. The molecular formula is C22H25Cl2N5. The molecule has 5 rings (SSSR count). The zero-order valence-corrected chi connectivity index (χ0v) is 18.0. The van der Waals surface area contributed by atoms with Crippen LogP contribution >= 0.6 is 23.2 Å². The molecule has 1 unspecified atom stereocenters. The van der Waals surface area contributed by atoms with Crippen LogP contribution in [0.25, 0.3) is 0 Å². The lowest BCUT2D eigenvalue weighted by atomic mass is 9.83. The number of allylic oxidation sites excluding steroid dienone is 2. The van der Waals surface area contributed by atoms with Crippen LogP contribution in [0.5, 0.6) is 0 Å². The largest absolute Gasteiger partial charge is 0.358 e. The van der Waals surface area contributed by atoms with Crippen molar-refractivity contribution >= 4 is 29.5 Å². The van der Waals surface area contributed by atoms with Gasteiger partial charge in [0.15, 0.2) is 0 Å². The Hall–Kier alpha value is -1.98. The van der Waals surface area contributed by atoms with Crippen molar-refractivity contribution in [2.75, 3.05) is 0 Å². The highest BCUT2D eigenvalue weighted by Gasteiger charge is 2.36. The molecule has 1 aromatic heterocycles. The van der Waals surface area contributed by atoms with E-state index in [0.717, 1.165) is 65.8 Å². The lowest BCUT2D eigenvalue weighted by Gasteiger charge is -2.35. The van der Waals surface area contributed by atoms with Gasteiger partial charge in [-0.15, -0.1) is 0 Å². The molecule has 29 heavy (non-hydrogen) atoms. The van der Waals surface area contributed by atoms with Crippen LogP contribution in [0, 0.1) is 0 Å². The van der Waals surface area contributed by atoms with Crippen molar-refractivity contribution in [3.05, 3.63) is 63.4 Å².